The molecule has 1 fully saturated rings. The fourth-order valence-electron chi connectivity index (χ4n) is 0.631. The maximum atomic E-state index is 10.5. The van der Waals surface area contributed by atoms with Crippen molar-refractivity contribution in [3.63, 3.8) is 0 Å². The van der Waals surface area contributed by atoms with Crippen molar-refractivity contribution in [3.05, 3.63) is 0 Å². The van der Waals surface area contributed by atoms with Gasteiger partial charge in [0.25, 0.3) is 0 Å². The molecule has 1 aliphatic heterocycles. The van der Waals surface area contributed by atoms with Crippen molar-refractivity contribution in [3.8, 4) is 0 Å². The Morgan fingerprint density at radius 1 is 1.89 bits per heavy atom. The van der Waals surface area contributed by atoms with Gasteiger partial charge in [0.1, 0.15) is 6.10 Å². The highest BCUT2D eigenvalue weighted by molar-refractivity contribution is 9.09. The Bertz CT molecular complexity index is 128. The third kappa shape index (κ3) is 1.58. The number of cyclic esters (lactones) is 1. The summed E-state index contributed by atoms with van der Waals surface area (Å²) in [6, 6.07) is 0. The summed E-state index contributed by atoms with van der Waals surface area (Å²) in [6.45, 7) is 2.51. The fourth-order valence-corrected chi connectivity index (χ4v) is 0.901. The number of rotatable bonds is 0. The number of carbonyl (C=O) groups is 1. The Morgan fingerprint density at radius 3 is 3.00 bits per heavy atom. The summed E-state index contributed by atoms with van der Waals surface area (Å²) in [7, 11) is 0. The molecule has 0 aromatic carbocycles. The molecule has 1 rings (SSSR count). The minimum absolute atomic E-state index is 0.0150. The first-order valence-corrected chi connectivity index (χ1v) is 3.70. The van der Waals surface area contributed by atoms with Crippen LogP contribution in [0.5, 0.6) is 0 Å². The van der Waals surface area contributed by atoms with Crippen LogP contribution in [0.15, 0.2) is 0 Å². The van der Waals surface area contributed by atoms with Gasteiger partial charge < -0.3 is 10.1 Å². The summed E-state index contributed by atoms with van der Waals surface area (Å²) in [5.74, 6) is 0. The summed E-state index contributed by atoms with van der Waals surface area (Å²) in [5.41, 5.74) is 0. The maximum Gasteiger partial charge on any atom is 0.407 e. The average Bonchev–Trinajstić information content (AvgIpc) is 1.80. The maximum absolute atomic E-state index is 10.5. The van der Waals surface area contributed by atoms with Crippen molar-refractivity contribution in [2.24, 2.45) is 0 Å². The summed E-state index contributed by atoms with van der Waals surface area (Å²) >= 11 is 3.34. The van der Waals surface area contributed by atoms with E-state index in [2.05, 4.69) is 21.2 Å². The van der Waals surface area contributed by atoms with E-state index in [4.69, 9.17) is 4.74 Å². The van der Waals surface area contributed by atoms with Gasteiger partial charge >= 0.3 is 6.09 Å². The van der Waals surface area contributed by atoms with Crippen molar-refractivity contribution < 1.29 is 9.53 Å². The molecule has 0 bridgehead atoms. The smallest absolute Gasteiger partial charge is 0.407 e. The average molecular weight is 194 g/mol. The SMILES string of the molecule is C[C@@H]1OC(=O)NC[C@H]1Br. The summed E-state index contributed by atoms with van der Waals surface area (Å²) < 4.78 is 4.80. The molecule has 3 nitrogen and oxygen atoms in total. The van der Waals surface area contributed by atoms with Crippen LogP contribution in [-0.4, -0.2) is 23.6 Å². The van der Waals surface area contributed by atoms with Crippen molar-refractivity contribution in [1.29, 1.82) is 0 Å². The fraction of sp³-hybridized carbons (Fsp3) is 0.800. The lowest BCUT2D eigenvalue weighted by Crippen LogP contribution is -2.44. The van der Waals surface area contributed by atoms with Crippen LogP contribution in [0, 0.1) is 0 Å². The monoisotopic (exact) mass is 193 g/mol. The zero-order valence-corrected chi connectivity index (χ0v) is 6.64. The van der Waals surface area contributed by atoms with E-state index in [1.54, 1.807) is 0 Å². The van der Waals surface area contributed by atoms with Crippen LogP contribution in [0.25, 0.3) is 0 Å². The highest BCUT2D eigenvalue weighted by Crippen LogP contribution is 2.11. The van der Waals surface area contributed by atoms with Gasteiger partial charge in [-0.25, -0.2) is 4.79 Å². The van der Waals surface area contributed by atoms with Gasteiger partial charge in [0, 0.05) is 6.54 Å². The van der Waals surface area contributed by atoms with Crippen molar-refractivity contribution >= 4 is 22.0 Å². The van der Waals surface area contributed by atoms with Gasteiger partial charge in [0.2, 0.25) is 0 Å². The van der Waals surface area contributed by atoms with Crippen LogP contribution in [0.1, 0.15) is 6.92 Å². The number of ether oxygens (including phenoxy) is 1. The molecule has 1 heterocycles. The molecule has 0 aromatic rings. The van der Waals surface area contributed by atoms with E-state index in [0.29, 0.717) is 6.54 Å². The molecule has 0 radical (unpaired) electrons. The lowest BCUT2D eigenvalue weighted by atomic mass is 10.2. The molecule has 9 heavy (non-hydrogen) atoms. The van der Waals surface area contributed by atoms with E-state index in [-0.39, 0.29) is 17.0 Å². The molecule has 0 aromatic heterocycles. The van der Waals surface area contributed by atoms with Crippen LogP contribution in [-0.2, 0) is 4.74 Å². The van der Waals surface area contributed by atoms with E-state index in [1.165, 1.54) is 0 Å². The Balaban J connectivity index is 2.44. The van der Waals surface area contributed by atoms with Crippen LogP contribution in [0.4, 0.5) is 4.79 Å². The van der Waals surface area contributed by atoms with Gasteiger partial charge in [-0.2, -0.15) is 0 Å². The van der Waals surface area contributed by atoms with Gasteiger partial charge in [0.15, 0.2) is 0 Å². The van der Waals surface area contributed by atoms with E-state index < -0.39 is 0 Å². The highest BCUT2D eigenvalue weighted by Gasteiger charge is 2.23. The summed E-state index contributed by atoms with van der Waals surface area (Å²) in [5, 5.41) is 2.55. The molecule has 2 atom stereocenters. The largest absolute Gasteiger partial charge is 0.445 e. The first-order valence-electron chi connectivity index (χ1n) is 2.78. The van der Waals surface area contributed by atoms with Gasteiger partial charge in [-0.3, -0.25) is 0 Å². The van der Waals surface area contributed by atoms with Crippen LogP contribution < -0.4 is 5.32 Å². The molecule has 0 unspecified atom stereocenters. The van der Waals surface area contributed by atoms with Crippen LogP contribution in [0.3, 0.4) is 0 Å². The molecule has 1 saturated heterocycles. The lowest BCUT2D eigenvalue weighted by molar-refractivity contribution is 0.0889. The second kappa shape index (κ2) is 2.56. The number of nitrogens with one attached hydrogen (secondary N) is 1. The molecule has 1 N–H and O–H groups in total. The zero-order valence-electron chi connectivity index (χ0n) is 5.06. The van der Waals surface area contributed by atoms with Crippen molar-refractivity contribution in [2.45, 2.75) is 17.9 Å². The summed E-state index contributed by atoms with van der Waals surface area (Å²) in [6.07, 6.45) is -0.336. The molecular weight excluding hydrogens is 186 g/mol. The number of amides is 1. The number of alkyl carbamates (subject to hydrolysis) is 1. The zero-order chi connectivity index (χ0) is 6.85. The Morgan fingerprint density at radius 2 is 2.56 bits per heavy atom. The van der Waals surface area contributed by atoms with Crippen molar-refractivity contribution in [2.75, 3.05) is 6.54 Å². The van der Waals surface area contributed by atoms with E-state index >= 15 is 0 Å². The number of halogens is 1. The minimum atomic E-state index is -0.321. The standard InChI is InChI=1S/C5H8BrNO2/c1-3-4(6)2-7-5(8)9-3/h3-4H,2H2,1H3,(H,7,8)/t3-,4+/m0/s1. The molecule has 0 spiro atoms. The Hall–Kier alpha value is -0.250. The highest BCUT2D eigenvalue weighted by atomic mass is 79.9. The van der Waals surface area contributed by atoms with Gasteiger partial charge in [-0.15, -0.1) is 0 Å². The summed E-state index contributed by atoms with van der Waals surface area (Å²) in [4.78, 5) is 10.7. The Kier molecular flexibility index (Phi) is 1.95. The van der Waals surface area contributed by atoms with Gasteiger partial charge in [-0.05, 0) is 6.92 Å². The van der Waals surface area contributed by atoms with Gasteiger partial charge in [0.05, 0.1) is 4.83 Å². The first kappa shape index (κ1) is 6.86. The van der Waals surface area contributed by atoms with E-state index in [9.17, 15) is 4.79 Å². The van der Waals surface area contributed by atoms with E-state index in [0.717, 1.165) is 0 Å². The molecule has 4 heteroatoms. The molecular formula is C5H8BrNO2. The molecule has 1 amide bonds. The van der Waals surface area contributed by atoms with Crippen molar-refractivity contribution in [1.82, 2.24) is 5.32 Å². The quantitative estimate of drug-likeness (QED) is 0.581. The Labute approximate surface area is 61.9 Å². The molecule has 0 aliphatic carbocycles. The second-order valence-corrected chi connectivity index (χ2v) is 3.18. The topological polar surface area (TPSA) is 38.3 Å². The third-order valence-electron chi connectivity index (χ3n) is 1.24. The third-order valence-corrected chi connectivity index (χ3v) is 2.31. The van der Waals surface area contributed by atoms with Crippen LogP contribution >= 0.6 is 15.9 Å². The number of alkyl halides is 1. The van der Waals surface area contributed by atoms with Crippen LogP contribution in [0.2, 0.25) is 0 Å². The number of carbonyl (C=O) groups excluding carboxylic acids is 1. The molecule has 0 saturated carbocycles. The molecule has 52 valence electrons. The predicted molar refractivity (Wildman–Crippen MR) is 36.7 cm³/mol. The predicted octanol–water partition coefficient (Wildman–Crippen LogP) is 0.878. The first-order chi connectivity index (χ1) is 4.20. The second-order valence-electron chi connectivity index (χ2n) is 2.01. The minimum Gasteiger partial charge on any atom is -0.445 e. The number of hydrogen-bond acceptors (Lipinski definition) is 2. The molecule has 1 aliphatic rings. The van der Waals surface area contributed by atoms with Gasteiger partial charge in [-0.1, -0.05) is 15.9 Å². The number of hydrogen-bond donors (Lipinski definition) is 1. The normalized spacial score (nSPS) is 35.1. The lowest BCUT2D eigenvalue weighted by Gasteiger charge is -2.24. The van der Waals surface area contributed by atoms with E-state index in [1.807, 2.05) is 6.92 Å².